The highest BCUT2D eigenvalue weighted by atomic mass is 35.5. The summed E-state index contributed by atoms with van der Waals surface area (Å²) < 4.78 is 13.2. The van der Waals surface area contributed by atoms with Crippen molar-refractivity contribution in [3.63, 3.8) is 0 Å². The lowest BCUT2D eigenvalue weighted by molar-refractivity contribution is 0.189. The zero-order chi connectivity index (χ0) is 20.8. The molecule has 0 N–H and O–H groups in total. The summed E-state index contributed by atoms with van der Waals surface area (Å²) in [6.07, 6.45) is 10.3. The molecule has 0 radical (unpaired) electrons. The lowest BCUT2D eigenvalue weighted by atomic mass is 10.1. The van der Waals surface area contributed by atoms with E-state index in [4.69, 9.17) is 20.5 Å². The van der Waals surface area contributed by atoms with Crippen molar-refractivity contribution in [3.05, 3.63) is 60.7 Å². The Kier molecular flexibility index (Phi) is 11.6. The molecule has 0 saturated heterocycles. The summed E-state index contributed by atoms with van der Waals surface area (Å²) in [5.41, 5.74) is 0. The predicted molar refractivity (Wildman–Crippen MR) is 128 cm³/mol. The summed E-state index contributed by atoms with van der Waals surface area (Å²) in [6.45, 7) is 5.44. The fraction of sp³-hybridized carbons (Fsp3) is 0.520. The minimum absolute atomic E-state index is 0.0546. The Labute approximate surface area is 183 Å². The molecule has 0 fully saturated rings. The first-order valence-electron chi connectivity index (χ1n) is 11.2. The Morgan fingerprint density at radius 3 is 1.69 bits per heavy atom. The maximum atomic E-state index is 6.66. The van der Waals surface area contributed by atoms with Gasteiger partial charge >= 0.3 is 8.56 Å². The largest absolute Gasteiger partial charge is 0.407 e. The van der Waals surface area contributed by atoms with Crippen molar-refractivity contribution < 1.29 is 8.85 Å². The second-order valence-corrected chi connectivity index (χ2v) is 11.5. The summed E-state index contributed by atoms with van der Waals surface area (Å²) in [5.74, 6) is 0. The molecular formula is C25H37ClO2Si. The van der Waals surface area contributed by atoms with E-state index in [-0.39, 0.29) is 5.38 Å². The van der Waals surface area contributed by atoms with Crippen molar-refractivity contribution >= 4 is 30.5 Å². The van der Waals surface area contributed by atoms with E-state index in [9.17, 15) is 0 Å². The van der Waals surface area contributed by atoms with Crippen LogP contribution in [0, 0.1) is 0 Å². The maximum Gasteiger partial charge on any atom is 0.407 e. The van der Waals surface area contributed by atoms with Crippen LogP contribution in [0.1, 0.15) is 65.2 Å². The van der Waals surface area contributed by atoms with Crippen molar-refractivity contribution in [2.75, 3.05) is 13.2 Å². The SMILES string of the molecule is CCCCCCCCCCO[Si](OCC(C)Cl)(c1ccccc1)c1ccccc1. The average molecular weight is 433 g/mol. The quantitative estimate of drug-likeness (QED) is 0.194. The number of hydrogen-bond donors (Lipinski definition) is 0. The molecule has 2 aromatic carbocycles. The first-order valence-corrected chi connectivity index (χ1v) is 13.5. The third-order valence-electron chi connectivity index (χ3n) is 5.13. The van der Waals surface area contributed by atoms with Gasteiger partial charge < -0.3 is 8.85 Å². The summed E-state index contributed by atoms with van der Waals surface area (Å²) in [5, 5.41) is 2.23. The first-order chi connectivity index (χ1) is 14.2. The van der Waals surface area contributed by atoms with Gasteiger partial charge in [0, 0.05) is 6.61 Å². The third-order valence-corrected chi connectivity index (χ3v) is 8.62. The number of unbranched alkanes of at least 4 members (excludes halogenated alkanes) is 7. The Balaban J connectivity index is 2.04. The van der Waals surface area contributed by atoms with Crippen LogP contribution < -0.4 is 10.4 Å². The van der Waals surface area contributed by atoms with Crippen LogP contribution >= 0.6 is 11.6 Å². The van der Waals surface area contributed by atoms with Gasteiger partial charge in [0.25, 0.3) is 0 Å². The second-order valence-electron chi connectivity index (χ2n) is 7.76. The molecule has 0 aliphatic carbocycles. The first kappa shape index (κ1) is 24.1. The highest BCUT2D eigenvalue weighted by Gasteiger charge is 2.42. The van der Waals surface area contributed by atoms with Crippen LogP contribution in [0.3, 0.4) is 0 Å². The fourth-order valence-electron chi connectivity index (χ4n) is 3.54. The van der Waals surface area contributed by atoms with Crippen LogP contribution in [0.15, 0.2) is 60.7 Å². The van der Waals surface area contributed by atoms with Gasteiger partial charge in [-0.3, -0.25) is 0 Å². The van der Waals surface area contributed by atoms with Crippen molar-refractivity contribution in [1.82, 2.24) is 0 Å². The summed E-state index contributed by atoms with van der Waals surface area (Å²) in [7, 11) is -2.78. The van der Waals surface area contributed by atoms with Crippen LogP contribution in [0.5, 0.6) is 0 Å². The summed E-state index contributed by atoms with van der Waals surface area (Å²) >= 11 is 6.26. The van der Waals surface area contributed by atoms with E-state index in [0.29, 0.717) is 6.61 Å². The molecule has 160 valence electrons. The third kappa shape index (κ3) is 8.25. The Hall–Kier alpha value is -1.13. The molecule has 0 aliphatic heterocycles. The van der Waals surface area contributed by atoms with E-state index in [2.05, 4.69) is 55.5 Å². The zero-order valence-electron chi connectivity index (χ0n) is 18.1. The highest BCUT2D eigenvalue weighted by molar-refractivity contribution is 6.92. The molecular weight excluding hydrogens is 396 g/mol. The number of hydrogen-bond acceptors (Lipinski definition) is 2. The molecule has 0 heterocycles. The van der Waals surface area contributed by atoms with Crippen LogP contribution in [-0.4, -0.2) is 27.2 Å². The van der Waals surface area contributed by atoms with Gasteiger partial charge in [-0.05, 0) is 23.7 Å². The normalized spacial score (nSPS) is 12.8. The molecule has 0 bridgehead atoms. The van der Waals surface area contributed by atoms with E-state index < -0.39 is 8.56 Å². The molecule has 4 heteroatoms. The molecule has 2 rings (SSSR count). The lowest BCUT2D eigenvalue weighted by Crippen LogP contribution is -2.64. The molecule has 0 aliphatic rings. The molecule has 29 heavy (non-hydrogen) atoms. The monoisotopic (exact) mass is 432 g/mol. The number of rotatable bonds is 15. The van der Waals surface area contributed by atoms with Crippen LogP contribution in [0.25, 0.3) is 0 Å². The second kappa shape index (κ2) is 14.0. The lowest BCUT2D eigenvalue weighted by Gasteiger charge is -2.32. The van der Waals surface area contributed by atoms with Crippen LogP contribution in [0.2, 0.25) is 0 Å². The van der Waals surface area contributed by atoms with E-state index in [0.717, 1.165) is 23.4 Å². The van der Waals surface area contributed by atoms with Gasteiger partial charge in [0.1, 0.15) is 0 Å². The molecule has 2 aromatic rings. The van der Waals surface area contributed by atoms with Gasteiger partial charge in [-0.15, -0.1) is 11.6 Å². The van der Waals surface area contributed by atoms with Crippen molar-refractivity contribution in [1.29, 1.82) is 0 Å². The van der Waals surface area contributed by atoms with E-state index >= 15 is 0 Å². The van der Waals surface area contributed by atoms with Gasteiger partial charge in [0.05, 0.1) is 12.0 Å². The number of alkyl halides is 1. The van der Waals surface area contributed by atoms with Gasteiger partial charge in [-0.1, -0.05) is 113 Å². The molecule has 1 unspecified atom stereocenters. The Morgan fingerprint density at radius 1 is 0.724 bits per heavy atom. The molecule has 0 spiro atoms. The summed E-state index contributed by atoms with van der Waals surface area (Å²) in [4.78, 5) is 0. The van der Waals surface area contributed by atoms with Gasteiger partial charge in [0.2, 0.25) is 0 Å². The van der Waals surface area contributed by atoms with Crippen molar-refractivity contribution in [2.45, 2.75) is 70.6 Å². The van der Waals surface area contributed by atoms with Crippen LogP contribution in [0.4, 0.5) is 0 Å². The number of benzene rings is 2. The molecule has 0 amide bonds. The topological polar surface area (TPSA) is 18.5 Å². The van der Waals surface area contributed by atoms with Crippen molar-refractivity contribution in [3.8, 4) is 0 Å². The fourth-order valence-corrected chi connectivity index (χ4v) is 6.97. The Bertz CT molecular complexity index is 609. The van der Waals surface area contributed by atoms with Gasteiger partial charge in [-0.2, -0.15) is 0 Å². The van der Waals surface area contributed by atoms with E-state index in [1.165, 1.54) is 44.9 Å². The van der Waals surface area contributed by atoms with Crippen LogP contribution in [-0.2, 0) is 8.85 Å². The molecule has 0 saturated carbocycles. The molecule has 0 aromatic heterocycles. The average Bonchev–Trinajstić information content (AvgIpc) is 2.76. The maximum absolute atomic E-state index is 6.66. The van der Waals surface area contributed by atoms with E-state index in [1.54, 1.807) is 0 Å². The molecule has 2 nitrogen and oxygen atoms in total. The van der Waals surface area contributed by atoms with Crippen molar-refractivity contribution in [2.24, 2.45) is 0 Å². The Morgan fingerprint density at radius 2 is 1.21 bits per heavy atom. The van der Waals surface area contributed by atoms with Gasteiger partial charge in [0.15, 0.2) is 0 Å². The molecule has 1 atom stereocenters. The zero-order valence-corrected chi connectivity index (χ0v) is 19.9. The smallest absolute Gasteiger partial charge is 0.388 e. The highest BCUT2D eigenvalue weighted by Crippen LogP contribution is 2.14. The minimum Gasteiger partial charge on any atom is -0.388 e. The minimum atomic E-state index is -2.78. The summed E-state index contributed by atoms with van der Waals surface area (Å²) in [6, 6.07) is 20.9. The number of halogens is 1. The van der Waals surface area contributed by atoms with E-state index in [1.807, 2.05) is 19.1 Å². The van der Waals surface area contributed by atoms with Gasteiger partial charge in [-0.25, -0.2) is 0 Å². The predicted octanol–water partition coefficient (Wildman–Crippen LogP) is 6.04. The standard InChI is InChI=1S/C25H37ClO2Si/c1-3-4-5-6-7-8-9-16-21-27-29(28-22-23(2)26,24-17-12-10-13-18-24)25-19-14-11-15-20-25/h10-15,17-20,23H,3-9,16,21-22H2,1-2H3.